The molecule has 1 aliphatic rings. The highest BCUT2D eigenvalue weighted by Crippen LogP contribution is 2.28. The Hall–Kier alpha value is -3.28. The topological polar surface area (TPSA) is 131 Å². The summed E-state index contributed by atoms with van der Waals surface area (Å²) in [4.78, 5) is 39.0. The average Bonchev–Trinajstić information content (AvgIpc) is 3.06. The Labute approximate surface area is 142 Å². The van der Waals surface area contributed by atoms with Gasteiger partial charge in [0.05, 0.1) is 28.2 Å². The van der Waals surface area contributed by atoms with Crippen LogP contribution in [0.5, 0.6) is 0 Å². The second kappa shape index (κ2) is 6.32. The molecule has 1 saturated carbocycles. The molecule has 128 valence electrons. The molecular formula is C16H15N5O4. The number of nitro groups is 1. The van der Waals surface area contributed by atoms with Gasteiger partial charge in [0.1, 0.15) is 12.1 Å². The Bertz CT molecular complexity index is 953. The van der Waals surface area contributed by atoms with Gasteiger partial charge in [-0.15, -0.1) is 0 Å². The van der Waals surface area contributed by atoms with Crippen LogP contribution in [0.4, 0.5) is 5.69 Å². The van der Waals surface area contributed by atoms with Crippen LogP contribution in [0.2, 0.25) is 0 Å². The molecule has 1 heterocycles. The number of hydrogen-bond donors (Lipinski definition) is 1. The molecule has 3 rings (SSSR count). The quantitative estimate of drug-likeness (QED) is 0.658. The summed E-state index contributed by atoms with van der Waals surface area (Å²) in [7, 11) is 0. The van der Waals surface area contributed by atoms with Crippen LogP contribution >= 0.6 is 0 Å². The van der Waals surface area contributed by atoms with Gasteiger partial charge < -0.3 is 5.32 Å². The predicted octanol–water partition coefficient (Wildman–Crippen LogP) is 1.26. The van der Waals surface area contributed by atoms with Crippen LogP contribution in [0.15, 0.2) is 29.3 Å². The molecular weight excluding hydrogens is 326 g/mol. The first kappa shape index (κ1) is 16.6. The SMILES string of the molecule is N#CC1(NC(=O)Cn2cnc3ccc([N+](=O)[O-])cc3c2=O)CCCC1. The van der Waals surface area contributed by atoms with E-state index in [9.17, 15) is 25.0 Å². The second-order valence-corrected chi connectivity index (χ2v) is 6.09. The first-order valence-electron chi connectivity index (χ1n) is 7.80. The van der Waals surface area contributed by atoms with E-state index >= 15 is 0 Å². The molecule has 1 aromatic heterocycles. The highest BCUT2D eigenvalue weighted by Gasteiger charge is 2.35. The van der Waals surface area contributed by atoms with Gasteiger partial charge in [-0.05, 0) is 31.7 Å². The van der Waals surface area contributed by atoms with Crippen LogP contribution in [0.3, 0.4) is 0 Å². The van der Waals surface area contributed by atoms with E-state index in [-0.39, 0.29) is 17.6 Å². The number of nitrogens with zero attached hydrogens (tertiary/aromatic N) is 4. The van der Waals surface area contributed by atoms with E-state index in [2.05, 4.69) is 16.4 Å². The third-order valence-electron chi connectivity index (χ3n) is 4.38. The summed E-state index contributed by atoms with van der Waals surface area (Å²) >= 11 is 0. The third-order valence-corrected chi connectivity index (χ3v) is 4.38. The summed E-state index contributed by atoms with van der Waals surface area (Å²) in [5, 5.41) is 22.9. The number of carbonyl (C=O) groups excluding carboxylic acids is 1. The van der Waals surface area contributed by atoms with Crippen LogP contribution in [-0.2, 0) is 11.3 Å². The van der Waals surface area contributed by atoms with Gasteiger partial charge in [-0.25, -0.2) is 4.98 Å². The van der Waals surface area contributed by atoms with Crippen molar-refractivity contribution in [3.05, 3.63) is 45.0 Å². The molecule has 2 aromatic rings. The van der Waals surface area contributed by atoms with Gasteiger partial charge in [0, 0.05) is 12.1 Å². The van der Waals surface area contributed by atoms with Crippen molar-refractivity contribution in [2.24, 2.45) is 0 Å². The first-order chi connectivity index (χ1) is 11.9. The van der Waals surface area contributed by atoms with E-state index in [1.54, 1.807) is 0 Å². The molecule has 0 radical (unpaired) electrons. The molecule has 9 heteroatoms. The average molecular weight is 341 g/mol. The third kappa shape index (κ3) is 3.19. The number of amides is 1. The van der Waals surface area contributed by atoms with E-state index in [4.69, 9.17) is 0 Å². The molecule has 25 heavy (non-hydrogen) atoms. The van der Waals surface area contributed by atoms with E-state index < -0.39 is 21.9 Å². The molecule has 0 saturated heterocycles. The molecule has 0 unspecified atom stereocenters. The van der Waals surface area contributed by atoms with Gasteiger partial charge in [-0.2, -0.15) is 5.26 Å². The Morgan fingerprint density at radius 1 is 1.44 bits per heavy atom. The monoisotopic (exact) mass is 341 g/mol. The van der Waals surface area contributed by atoms with Gasteiger partial charge in [-0.1, -0.05) is 0 Å². The summed E-state index contributed by atoms with van der Waals surface area (Å²) in [6.07, 6.45) is 4.15. The maximum atomic E-state index is 12.5. The largest absolute Gasteiger partial charge is 0.336 e. The molecule has 1 fully saturated rings. The minimum absolute atomic E-state index is 0.0698. The molecule has 0 aliphatic heterocycles. The maximum absolute atomic E-state index is 12.5. The van der Waals surface area contributed by atoms with Crippen molar-refractivity contribution in [3.8, 4) is 6.07 Å². The summed E-state index contributed by atoms with van der Waals surface area (Å²) in [5.41, 5.74) is -1.31. The van der Waals surface area contributed by atoms with Crippen molar-refractivity contribution < 1.29 is 9.72 Å². The zero-order chi connectivity index (χ0) is 18.0. The van der Waals surface area contributed by atoms with Gasteiger partial charge >= 0.3 is 0 Å². The number of fused-ring (bicyclic) bond motifs is 1. The van der Waals surface area contributed by atoms with Gasteiger partial charge in [-0.3, -0.25) is 24.3 Å². The van der Waals surface area contributed by atoms with Gasteiger partial charge in [0.2, 0.25) is 5.91 Å². The number of non-ortho nitro benzene ring substituents is 1. The molecule has 9 nitrogen and oxygen atoms in total. The maximum Gasteiger partial charge on any atom is 0.270 e. The van der Waals surface area contributed by atoms with Crippen LogP contribution < -0.4 is 10.9 Å². The fourth-order valence-corrected chi connectivity index (χ4v) is 3.08. The number of aromatic nitrogens is 2. The molecule has 0 atom stereocenters. The fraction of sp³-hybridized carbons (Fsp3) is 0.375. The van der Waals surface area contributed by atoms with Crippen molar-refractivity contribution in [2.45, 2.75) is 37.8 Å². The predicted molar refractivity (Wildman–Crippen MR) is 87.6 cm³/mol. The summed E-state index contributed by atoms with van der Waals surface area (Å²) in [6.45, 7) is -0.298. The molecule has 1 amide bonds. The normalized spacial score (nSPS) is 15.6. The van der Waals surface area contributed by atoms with Gasteiger partial charge in [0.25, 0.3) is 11.2 Å². The molecule has 1 aliphatic carbocycles. The standard InChI is InChI=1S/C16H15N5O4/c17-9-16(5-1-2-6-16)19-14(22)8-20-10-18-13-4-3-11(21(24)25)7-12(13)15(20)23/h3-4,7,10H,1-2,5-6,8H2,(H,19,22). The smallest absolute Gasteiger partial charge is 0.270 e. The lowest BCUT2D eigenvalue weighted by molar-refractivity contribution is -0.384. The Kier molecular flexibility index (Phi) is 4.19. The van der Waals surface area contributed by atoms with E-state index in [0.29, 0.717) is 18.4 Å². The van der Waals surface area contributed by atoms with Crippen LogP contribution in [-0.4, -0.2) is 25.9 Å². The molecule has 0 spiro atoms. The zero-order valence-corrected chi connectivity index (χ0v) is 13.3. The Morgan fingerprint density at radius 2 is 2.16 bits per heavy atom. The summed E-state index contributed by atoms with van der Waals surface area (Å²) in [5.74, 6) is -0.461. The number of nitro benzene ring substituents is 1. The lowest BCUT2D eigenvalue weighted by Crippen LogP contribution is -2.47. The van der Waals surface area contributed by atoms with E-state index in [1.807, 2.05) is 0 Å². The van der Waals surface area contributed by atoms with Crippen molar-refractivity contribution in [2.75, 3.05) is 0 Å². The highest BCUT2D eigenvalue weighted by atomic mass is 16.6. The lowest BCUT2D eigenvalue weighted by atomic mass is 10.00. The van der Waals surface area contributed by atoms with Crippen LogP contribution in [0.25, 0.3) is 10.9 Å². The van der Waals surface area contributed by atoms with Gasteiger partial charge in [0.15, 0.2) is 0 Å². The molecule has 0 bridgehead atoms. The van der Waals surface area contributed by atoms with Crippen LogP contribution in [0.1, 0.15) is 25.7 Å². The second-order valence-electron chi connectivity index (χ2n) is 6.09. The van der Waals surface area contributed by atoms with Crippen molar-refractivity contribution in [1.82, 2.24) is 14.9 Å². The Morgan fingerprint density at radius 3 is 2.80 bits per heavy atom. The van der Waals surface area contributed by atoms with E-state index in [1.165, 1.54) is 18.5 Å². The number of hydrogen-bond acceptors (Lipinski definition) is 6. The lowest BCUT2D eigenvalue weighted by Gasteiger charge is -2.22. The number of benzene rings is 1. The van der Waals surface area contributed by atoms with Crippen molar-refractivity contribution in [1.29, 1.82) is 5.26 Å². The first-order valence-corrected chi connectivity index (χ1v) is 7.80. The summed E-state index contributed by atoms with van der Waals surface area (Å²) < 4.78 is 1.08. The van der Waals surface area contributed by atoms with Crippen molar-refractivity contribution in [3.63, 3.8) is 0 Å². The number of rotatable bonds is 4. The number of nitrogens with one attached hydrogen (secondary N) is 1. The highest BCUT2D eigenvalue weighted by molar-refractivity contribution is 5.81. The minimum Gasteiger partial charge on any atom is -0.336 e. The van der Waals surface area contributed by atoms with Crippen LogP contribution in [0, 0.1) is 21.4 Å². The Balaban J connectivity index is 1.87. The molecule has 1 aromatic carbocycles. The summed E-state index contributed by atoms with van der Waals surface area (Å²) in [6, 6.07) is 5.95. The minimum atomic E-state index is -0.871. The number of nitriles is 1. The fourth-order valence-electron chi connectivity index (χ4n) is 3.08. The van der Waals surface area contributed by atoms with E-state index in [0.717, 1.165) is 23.5 Å². The molecule has 1 N–H and O–H groups in total. The zero-order valence-electron chi connectivity index (χ0n) is 13.3. The number of carbonyl (C=O) groups is 1. The van der Waals surface area contributed by atoms with Crippen molar-refractivity contribution >= 4 is 22.5 Å².